The van der Waals surface area contributed by atoms with E-state index in [4.69, 9.17) is 4.74 Å². The highest BCUT2D eigenvalue weighted by Gasteiger charge is 2.30. The lowest BCUT2D eigenvalue weighted by atomic mass is 10.1. The van der Waals surface area contributed by atoms with Crippen LogP contribution in [0.2, 0.25) is 0 Å². The van der Waals surface area contributed by atoms with Gasteiger partial charge in [0.25, 0.3) is 0 Å². The summed E-state index contributed by atoms with van der Waals surface area (Å²) >= 11 is 0. The molecule has 0 aliphatic heterocycles. The van der Waals surface area contributed by atoms with Crippen LogP contribution in [-0.4, -0.2) is 28.5 Å². The van der Waals surface area contributed by atoms with Gasteiger partial charge >= 0.3 is 6.18 Å². The minimum absolute atomic E-state index is 0.0791. The number of hydrogen-bond acceptors (Lipinski definition) is 3. The van der Waals surface area contributed by atoms with E-state index in [1.807, 2.05) is 0 Å². The number of alkyl halides is 3. The van der Waals surface area contributed by atoms with E-state index in [1.165, 1.54) is 34.8 Å². The quantitative estimate of drug-likeness (QED) is 0.789. The molecular formula is C18H20F3NO3S. The molecule has 0 amide bonds. The van der Waals surface area contributed by atoms with E-state index in [0.717, 1.165) is 12.1 Å². The molecule has 0 saturated carbocycles. The van der Waals surface area contributed by atoms with Crippen molar-refractivity contribution >= 4 is 21.3 Å². The Morgan fingerprint density at radius 3 is 2.46 bits per heavy atom. The molecule has 1 unspecified atom stereocenters. The van der Waals surface area contributed by atoms with Crippen molar-refractivity contribution in [3.8, 4) is 11.5 Å². The summed E-state index contributed by atoms with van der Waals surface area (Å²) in [5, 5.41) is 9.69. The fourth-order valence-electron chi connectivity index (χ4n) is 2.25. The van der Waals surface area contributed by atoms with Crippen LogP contribution >= 0.6 is 0 Å². The zero-order chi connectivity index (χ0) is 19.7. The Kier molecular flexibility index (Phi) is 5.46. The molecule has 2 aromatic rings. The third-order valence-electron chi connectivity index (χ3n) is 3.92. The third kappa shape index (κ3) is 4.63. The smallest absolute Gasteiger partial charge is 0.416 e. The Bertz CT molecular complexity index is 908. The predicted molar refractivity (Wildman–Crippen MR) is 98.2 cm³/mol. The number of rotatable bonds is 5. The van der Waals surface area contributed by atoms with Gasteiger partial charge in [-0.3, -0.25) is 4.31 Å². The minimum atomic E-state index is -4.44. The van der Waals surface area contributed by atoms with Crippen LogP contribution in [0.3, 0.4) is 0 Å². The molecular weight excluding hydrogens is 367 g/mol. The summed E-state index contributed by atoms with van der Waals surface area (Å²) in [5.74, 6) is 3.71. The van der Waals surface area contributed by atoms with Gasteiger partial charge < -0.3 is 9.84 Å². The molecule has 0 bridgehead atoms. The van der Waals surface area contributed by atoms with E-state index < -0.39 is 21.4 Å². The molecule has 0 fully saturated rings. The van der Waals surface area contributed by atoms with Gasteiger partial charge in [0.2, 0.25) is 0 Å². The number of aryl methyl sites for hydroxylation is 1. The second kappa shape index (κ2) is 7.11. The first-order valence-electron chi connectivity index (χ1n) is 7.58. The highest BCUT2D eigenvalue weighted by molar-refractivity contribution is 8.00. The molecule has 0 heterocycles. The van der Waals surface area contributed by atoms with Gasteiger partial charge in [-0.25, -0.2) is 4.21 Å². The fourth-order valence-corrected chi connectivity index (χ4v) is 2.81. The van der Waals surface area contributed by atoms with Crippen LogP contribution in [0.15, 0.2) is 36.4 Å². The van der Waals surface area contributed by atoms with Crippen LogP contribution in [0.25, 0.3) is 0 Å². The van der Waals surface area contributed by atoms with Gasteiger partial charge in [-0.2, -0.15) is 13.2 Å². The van der Waals surface area contributed by atoms with Crippen molar-refractivity contribution in [1.29, 1.82) is 0 Å². The molecule has 2 rings (SSSR count). The zero-order valence-electron chi connectivity index (χ0n) is 14.6. The summed E-state index contributed by atoms with van der Waals surface area (Å²) in [7, 11) is -1.03. The van der Waals surface area contributed by atoms with Crippen LogP contribution in [0.4, 0.5) is 18.9 Å². The highest BCUT2D eigenvalue weighted by Crippen LogP contribution is 2.34. The summed E-state index contributed by atoms with van der Waals surface area (Å²) in [6.45, 7) is 1.55. The molecule has 0 radical (unpaired) electrons. The second-order valence-corrected chi connectivity index (χ2v) is 8.50. The van der Waals surface area contributed by atoms with Crippen molar-refractivity contribution in [3.05, 3.63) is 53.1 Å². The summed E-state index contributed by atoms with van der Waals surface area (Å²) in [4.78, 5) is 0. The largest absolute Gasteiger partial charge is 0.508 e. The van der Waals surface area contributed by atoms with Gasteiger partial charge in [-0.15, -0.1) is 0 Å². The van der Waals surface area contributed by atoms with Crippen molar-refractivity contribution < 1.29 is 27.2 Å². The maximum Gasteiger partial charge on any atom is 0.416 e. The highest BCUT2D eigenvalue weighted by atomic mass is 32.2. The molecule has 1 atom stereocenters. The molecule has 0 aliphatic rings. The number of nitrogens with zero attached hydrogens (tertiary/aromatic N) is 1. The van der Waals surface area contributed by atoms with Crippen LogP contribution in [-0.2, 0) is 22.5 Å². The third-order valence-corrected chi connectivity index (χ3v) is 5.28. The molecule has 0 spiro atoms. The summed E-state index contributed by atoms with van der Waals surface area (Å²) in [6.07, 6.45) is -3.00. The maximum atomic E-state index is 12.9. The summed E-state index contributed by atoms with van der Waals surface area (Å²) in [5.41, 5.74) is 0.660. The second-order valence-electron chi connectivity index (χ2n) is 6.04. The predicted octanol–water partition coefficient (Wildman–Crippen LogP) is 4.00. The molecule has 0 saturated heterocycles. The van der Waals surface area contributed by atoms with E-state index in [1.54, 1.807) is 14.0 Å². The first-order chi connectivity index (χ1) is 11.9. The van der Waals surface area contributed by atoms with Gasteiger partial charge in [0.15, 0.2) is 0 Å². The SMILES string of the molecule is C=S(C)(=O)N(C)c1ccc(O)cc1OCc1cc(C(F)(F)F)ccc1C. The van der Waals surface area contributed by atoms with E-state index in [0.29, 0.717) is 16.8 Å². The first kappa shape index (κ1) is 20.0. The Morgan fingerprint density at radius 2 is 1.88 bits per heavy atom. The number of phenols is 1. The van der Waals surface area contributed by atoms with Gasteiger partial charge in [-0.05, 0) is 48.2 Å². The van der Waals surface area contributed by atoms with Crippen molar-refractivity contribution in [1.82, 2.24) is 0 Å². The monoisotopic (exact) mass is 387 g/mol. The topological polar surface area (TPSA) is 49.8 Å². The van der Waals surface area contributed by atoms with E-state index in [-0.39, 0.29) is 18.1 Å². The van der Waals surface area contributed by atoms with Crippen LogP contribution < -0.4 is 9.04 Å². The number of anilines is 1. The average molecular weight is 387 g/mol. The molecule has 0 aliphatic carbocycles. The van der Waals surface area contributed by atoms with E-state index in [2.05, 4.69) is 5.87 Å². The Morgan fingerprint density at radius 1 is 1.23 bits per heavy atom. The van der Waals surface area contributed by atoms with Crippen molar-refractivity contribution in [2.75, 3.05) is 17.6 Å². The van der Waals surface area contributed by atoms with Crippen LogP contribution in [0.5, 0.6) is 11.5 Å². The van der Waals surface area contributed by atoms with Crippen LogP contribution in [0, 0.1) is 6.92 Å². The van der Waals surface area contributed by atoms with Gasteiger partial charge in [0.05, 0.1) is 11.3 Å². The normalized spacial score (nSPS) is 13.9. The van der Waals surface area contributed by atoms with Crippen molar-refractivity contribution in [3.63, 3.8) is 0 Å². The Hall–Kier alpha value is -2.35. The number of phenolic OH excluding ortho intramolecular Hbond substituents is 1. The number of aromatic hydroxyl groups is 1. The lowest BCUT2D eigenvalue weighted by Gasteiger charge is -2.24. The Labute approximate surface area is 151 Å². The van der Waals surface area contributed by atoms with Crippen LogP contribution in [0.1, 0.15) is 16.7 Å². The molecule has 142 valence electrons. The lowest BCUT2D eigenvalue weighted by molar-refractivity contribution is -0.137. The summed E-state index contributed by atoms with van der Waals surface area (Å²) in [6, 6.07) is 7.66. The number of ether oxygens (including phenoxy) is 1. The maximum absolute atomic E-state index is 12.9. The standard InChI is InChI=1S/C18H20F3NO3S/c1-12-5-6-14(18(19,20)21)9-13(12)11-25-17-10-15(23)7-8-16(17)22(2)26(3,4)24/h5-10,23H,3,11H2,1-2,4H3. The lowest BCUT2D eigenvalue weighted by Crippen LogP contribution is -2.25. The van der Waals surface area contributed by atoms with Gasteiger partial charge in [-0.1, -0.05) is 6.07 Å². The van der Waals surface area contributed by atoms with E-state index >= 15 is 0 Å². The number of halogens is 3. The number of benzene rings is 2. The molecule has 0 aromatic heterocycles. The van der Waals surface area contributed by atoms with E-state index in [9.17, 15) is 22.5 Å². The Balaban J connectivity index is 2.34. The minimum Gasteiger partial charge on any atom is -0.508 e. The molecule has 8 heteroatoms. The fraction of sp³-hybridized carbons (Fsp3) is 0.278. The van der Waals surface area contributed by atoms with Crippen molar-refractivity contribution in [2.45, 2.75) is 19.7 Å². The van der Waals surface area contributed by atoms with Crippen molar-refractivity contribution in [2.24, 2.45) is 0 Å². The molecule has 4 nitrogen and oxygen atoms in total. The number of hydrogen-bond donors (Lipinski definition) is 1. The summed E-state index contributed by atoms with van der Waals surface area (Å²) < 4.78 is 57.9. The van der Waals surface area contributed by atoms with Gasteiger partial charge in [0.1, 0.15) is 18.1 Å². The molecule has 2 aromatic carbocycles. The first-order valence-corrected chi connectivity index (χ1v) is 9.67. The zero-order valence-corrected chi connectivity index (χ0v) is 15.4. The average Bonchev–Trinajstić information content (AvgIpc) is 2.51. The molecule has 26 heavy (non-hydrogen) atoms. The molecule has 1 N–H and O–H groups in total. The van der Waals surface area contributed by atoms with Gasteiger partial charge in [0, 0.05) is 29.1 Å².